The van der Waals surface area contributed by atoms with E-state index in [1.54, 1.807) is 4.90 Å². The summed E-state index contributed by atoms with van der Waals surface area (Å²) in [6, 6.07) is 3.77. The second-order valence-corrected chi connectivity index (χ2v) is 10.7. The maximum absolute atomic E-state index is 13.1. The predicted octanol–water partition coefficient (Wildman–Crippen LogP) is -0.461. The Labute approximate surface area is 146 Å². The van der Waals surface area contributed by atoms with Crippen molar-refractivity contribution in [2.45, 2.75) is 16.2 Å². The van der Waals surface area contributed by atoms with E-state index in [-0.39, 0.29) is 10.6 Å². The van der Waals surface area contributed by atoms with Crippen molar-refractivity contribution < 1.29 is 26.0 Å². The molecule has 2 aliphatic rings. The van der Waals surface area contributed by atoms with Gasteiger partial charge in [0.1, 0.15) is 5.82 Å². The molecule has 2 saturated heterocycles. The molecule has 0 unspecified atom stereocenters. The van der Waals surface area contributed by atoms with E-state index in [2.05, 4.69) is 0 Å². The summed E-state index contributed by atoms with van der Waals surface area (Å²) >= 11 is 0. The molecule has 10 heteroatoms. The van der Waals surface area contributed by atoms with Gasteiger partial charge in [-0.25, -0.2) is 21.2 Å². The first-order valence-corrected chi connectivity index (χ1v) is 11.2. The van der Waals surface area contributed by atoms with Crippen LogP contribution >= 0.6 is 0 Å². The fourth-order valence-electron chi connectivity index (χ4n) is 3.41. The molecule has 2 heterocycles. The van der Waals surface area contributed by atoms with E-state index in [1.807, 2.05) is 4.90 Å². The van der Waals surface area contributed by atoms with E-state index in [0.29, 0.717) is 26.2 Å². The van der Waals surface area contributed by atoms with Gasteiger partial charge in [-0.3, -0.25) is 9.69 Å². The third-order valence-electron chi connectivity index (χ3n) is 4.78. The molecule has 0 bridgehead atoms. The highest BCUT2D eigenvalue weighted by Crippen LogP contribution is 2.29. The van der Waals surface area contributed by atoms with Crippen molar-refractivity contribution in [3.8, 4) is 0 Å². The van der Waals surface area contributed by atoms with E-state index in [4.69, 9.17) is 0 Å². The van der Waals surface area contributed by atoms with Crippen LogP contribution in [-0.4, -0.2) is 82.0 Å². The van der Waals surface area contributed by atoms with Crippen molar-refractivity contribution in [1.82, 2.24) is 9.80 Å². The van der Waals surface area contributed by atoms with E-state index in [0.717, 1.165) is 30.7 Å². The maximum atomic E-state index is 13.1. The van der Waals surface area contributed by atoms with E-state index < -0.39 is 42.5 Å². The van der Waals surface area contributed by atoms with Gasteiger partial charge >= 0.3 is 0 Å². The number of halogens is 1. The fourth-order valence-corrected chi connectivity index (χ4v) is 8.24. The van der Waals surface area contributed by atoms with Crippen molar-refractivity contribution in [1.29, 1.82) is 0 Å². The number of hydrogen-bond acceptors (Lipinski definition) is 6. The van der Waals surface area contributed by atoms with Crippen molar-refractivity contribution in [3.63, 3.8) is 0 Å². The van der Waals surface area contributed by atoms with Gasteiger partial charge < -0.3 is 4.90 Å². The molecule has 0 aromatic heterocycles. The van der Waals surface area contributed by atoms with Crippen molar-refractivity contribution in [3.05, 3.63) is 30.1 Å². The van der Waals surface area contributed by atoms with Gasteiger partial charge in [-0.2, -0.15) is 0 Å². The van der Waals surface area contributed by atoms with Gasteiger partial charge in [0.25, 0.3) is 0 Å². The molecule has 0 N–H and O–H groups in total. The van der Waals surface area contributed by atoms with Crippen LogP contribution in [-0.2, 0) is 24.5 Å². The highest BCUT2D eigenvalue weighted by molar-refractivity contribution is 7.96. The minimum absolute atomic E-state index is 0.0764. The minimum atomic E-state index is -3.91. The lowest BCUT2D eigenvalue weighted by atomic mass is 10.2. The lowest BCUT2D eigenvalue weighted by molar-refractivity contribution is -0.119. The summed E-state index contributed by atoms with van der Waals surface area (Å²) in [5.74, 6) is -1.22. The molecule has 1 aromatic carbocycles. The molecule has 0 radical (unpaired) electrons. The Morgan fingerprint density at radius 3 is 2.20 bits per heavy atom. The lowest BCUT2D eigenvalue weighted by Crippen LogP contribution is -2.54. The van der Waals surface area contributed by atoms with Gasteiger partial charge in [0, 0.05) is 32.2 Å². The quantitative estimate of drug-likeness (QED) is 0.510. The summed E-state index contributed by atoms with van der Waals surface area (Å²) in [6.45, 7) is 1.72. The first kappa shape index (κ1) is 18.3. The average molecular weight is 390 g/mol. The number of benzene rings is 1. The highest BCUT2D eigenvalue weighted by Gasteiger charge is 2.48. The average Bonchev–Trinajstić information content (AvgIpc) is 2.92. The maximum Gasteiger partial charge on any atom is 0.209 e. The largest absolute Gasteiger partial charge is 0.343 e. The Hall–Kier alpha value is -1.52. The van der Waals surface area contributed by atoms with Gasteiger partial charge in [-0.1, -0.05) is 0 Å². The first-order valence-electron chi connectivity index (χ1n) is 7.86. The highest BCUT2D eigenvalue weighted by atomic mass is 32.2. The monoisotopic (exact) mass is 390 g/mol. The molecular formula is C15H19FN2O5S2. The zero-order valence-corrected chi connectivity index (χ0v) is 15.0. The Morgan fingerprint density at radius 2 is 1.64 bits per heavy atom. The van der Waals surface area contributed by atoms with Crippen LogP contribution < -0.4 is 0 Å². The molecule has 0 saturated carbocycles. The Kier molecular flexibility index (Phi) is 4.86. The van der Waals surface area contributed by atoms with Crippen LogP contribution in [0.5, 0.6) is 0 Å². The van der Waals surface area contributed by atoms with Gasteiger partial charge in [0.2, 0.25) is 6.41 Å². The smallest absolute Gasteiger partial charge is 0.209 e. The Balaban J connectivity index is 1.89. The van der Waals surface area contributed by atoms with Gasteiger partial charge in [-0.05, 0) is 24.3 Å². The topological polar surface area (TPSA) is 91.8 Å². The molecule has 7 nitrogen and oxygen atoms in total. The standard InChI is InChI=1S/C15H19FN2O5S2/c16-12-1-3-13(4-2-12)25(22,23)15-10-24(20,21)9-14(15)18-7-5-17(11-19)6-8-18/h1-4,11,14-15H,5-10H2/t14-,15-/m0/s1. The molecule has 0 spiro atoms. The lowest BCUT2D eigenvalue weighted by Gasteiger charge is -2.37. The Bertz CT molecular complexity index is 846. The van der Waals surface area contributed by atoms with Crippen LogP contribution in [0.4, 0.5) is 4.39 Å². The third-order valence-corrected chi connectivity index (χ3v) is 8.91. The zero-order valence-electron chi connectivity index (χ0n) is 13.4. The molecule has 2 fully saturated rings. The van der Waals surface area contributed by atoms with E-state index in [1.165, 1.54) is 0 Å². The third kappa shape index (κ3) is 3.70. The zero-order chi connectivity index (χ0) is 18.2. The van der Waals surface area contributed by atoms with Crippen LogP contribution in [0, 0.1) is 5.82 Å². The molecule has 3 rings (SSSR count). The first-order chi connectivity index (χ1) is 11.7. The molecule has 1 aromatic rings. The number of hydrogen-bond donors (Lipinski definition) is 0. The number of piperazine rings is 1. The Morgan fingerprint density at radius 1 is 1.04 bits per heavy atom. The second-order valence-electron chi connectivity index (χ2n) is 6.36. The van der Waals surface area contributed by atoms with Crippen molar-refractivity contribution >= 4 is 26.1 Å². The summed E-state index contributed by atoms with van der Waals surface area (Å²) in [5, 5.41) is -1.09. The summed E-state index contributed by atoms with van der Waals surface area (Å²) < 4.78 is 63.2. The molecule has 25 heavy (non-hydrogen) atoms. The number of amides is 1. The number of carbonyl (C=O) groups is 1. The normalized spacial score (nSPS) is 27.3. The van der Waals surface area contributed by atoms with Gasteiger partial charge in [0.15, 0.2) is 19.7 Å². The summed E-state index contributed by atoms with van der Waals surface area (Å²) in [6.07, 6.45) is 0.732. The molecule has 2 atom stereocenters. The van der Waals surface area contributed by atoms with E-state index in [9.17, 15) is 26.0 Å². The molecule has 138 valence electrons. The SMILES string of the molecule is O=CN1CCN([C@H]2CS(=O)(=O)C[C@@H]2S(=O)(=O)c2ccc(F)cc2)CC1. The second kappa shape index (κ2) is 6.65. The number of sulfone groups is 2. The van der Waals surface area contributed by atoms with Gasteiger partial charge in [0.05, 0.1) is 21.7 Å². The van der Waals surface area contributed by atoms with Crippen LogP contribution in [0.1, 0.15) is 0 Å². The minimum Gasteiger partial charge on any atom is -0.343 e. The van der Waals surface area contributed by atoms with Crippen LogP contribution in [0.3, 0.4) is 0 Å². The fraction of sp³-hybridized carbons (Fsp3) is 0.533. The van der Waals surface area contributed by atoms with Crippen LogP contribution in [0.15, 0.2) is 29.2 Å². The predicted molar refractivity (Wildman–Crippen MR) is 89.0 cm³/mol. The van der Waals surface area contributed by atoms with E-state index >= 15 is 0 Å². The summed E-state index contributed by atoms with van der Waals surface area (Å²) in [5.41, 5.74) is 0. The summed E-state index contributed by atoms with van der Waals surface area (Å²) in [7, 11) is -7.41. The van der Waals surface area contributed by atoms with Crippen molar-refractivity contribution in [2.75, 3.05) is 37.7 Å². The van der Waals surface area contributed by atoms with Crippen LogP contribution in [0.2, 0.25) is 0 Å². The van der Waals surface area contributed by atoms with Gasteiger partial charge in [-0.15, -0.1) is 0 Å². The van der Waals surface area contributed by atoms with Crippen molar-refractivity contribution in [2.24, 2.45) is 0 Å². The number of nitrogens with zero attached hydrogens (tertiary/aromatic N) is 2. The number of rotatable bonds is 4. The molecule has 2 aliphatic heterocycles. The molecule has 1 amide bonds. The molecule has 0 aliphatic carbocycles. The summed E-state index contributed by atoms with van der Waals surface area (Å²) in [4.78, 5) is 14.1. The number of carbonyl (C=O) groups excluding carboxylic acids is 1. The van der Waals surface area contributed by atoms with Crippen LogP contribution in [0.25, 0.3) is 0 Å². The molecular weight excluding hydrogens is 371 g/mol.